The summed E-state index contributed by atoms with van der Waals surface area (Å²) in [4.78, 5) is 4.30. The van der Waals surface area contributed by atoms with Crippen molar-refractivity contribution in [2.24, 2.45) is 0 Å². The first-order valence-electron chi connectivity index (χ1n) is 7.15. The van der Waals surface area contributed by atoms with Crippen LogP contribution < -0.4 is 4.74 Å². The minimum absolute atomic E-state index is 0.512. The zero-order chi connectivity index (χ0) is 14.4. The van der Waals surface area contributed by atoms with Crippen molar-refractivity contribution in [1.82, 2.24) is 9.55 Å². The summed E-state index contributed by atoms with van der Waals surface area (Å²) in [5.74, 6) is 1.71. The number of aliphatic hydroxyl groups is 1. The summed E-state index contributed by atoms with van der Waals surface area (Å²) in [7, 11) is 0. The molecule has 0 saturated carbocycles. The van der Waals surface area contributed by atoms with Gasteiger partial charge >= 0.3 is 0 Å². The number of aryl methyl sites for hydroxylation is 1. The van der Waals surface area contributed by atoms with Crippen molar-refractivity contribution in [2.75, 3.05) is 6.61 Å². The molecule has 0 aliphatic rings. The van der Waals surface area contributed by atoms with E-state index in [1.807, 2.05) is 35.0 Å². The molecule has 0 aliphatic heterocycles. The second-order valence-electron chi connectivity index (χ2n) is 4.77. The first-order valence-corrected chi connectivity index (χ1v) is 7.15. The Labute approximate surface area is 120 Å². The van der Waals surface area contributed by atoms with Crippen molar-refractivity contribution in [3.8, 4) is 5.75 Å². The number of benzene rings is 1. The Kier molecular flexibility index (Phi) is 5.18. The molecule has 0 saturated heterocycles. The SMILES string of the molecule is CCCOc1cccc(C(O)Cc2nccn2CC)c1. The molecule has 0 fully saturated rings. The molecule has 0 amide bonds. The molecule has 1 N–H and O–H groups in total. The molecule has 4 heteroatoms. The largest absolute Gasteiger partial charge is 0.494 e. The molecule has 20 heavy (non-hydrogen) atoms. The Hall–Kier alpha value is -1.81. The monoisotopic (exact) mass is 274 g/mol. The molecule has 1 aromatic carbocycles. The highest BCUT2D eigenvalue weighted by Gasteiger charge is 2.12. The van der Waals surface area contributed by atoms with Crippen LogP contribution in [0.1, 0.15) is 37.8 Å². The van der Waals surface area contributed by atoms with Crippen LogP contribution in [0.5, 0.6) is 5.75 Å². The van der Waals surface area contributed by atoms with Gasteiger partial charge in [-0.15, -0.1) is 0 Å². The van der Waals surface area contributed by atoms with Crippen LogP contribution in [0, 0.1) is 0 Å². The van der Waals surface area contributed by atoms with Crippen LogP contribution >= 0.6 is 0 Å². The molecule has 2 aromatic rings. The van der Waals surface area contributed by atoms with Gasteiger partial charge in [0.1, 0.15) is 11.6 Å². The van der Waals surface area contributed by atoms with Crippen molar-refractivity contribution in [2.45, 2.75) is 39.3 Å². The van der Waals surface area contributed by atoms with E-state index in [1.165, 1.54) is 0 Å². The van der Waals surface area contributed by atoms with Gasteiger partial charge in [0.25, 0.3) is 0 Å². The number of ether oxygens (including phenoxy) is 1. The Morgan fingerprint density at radius 1 is 1.35 bits per heavy atom. The summed E-state index contributed by atoms with van der Waals surface area (Å²) >= 11 is 0. The summed E-state index contributed by atoms with van der Waals surface area (Å²) in [5.41, 5.74) is 0.865. The highest BCUT2D eigenvalue weighted by Crippen LogP contribution is 2.22. The molecule has 2 rings (SSSR count). The van der Waals surface area contributed by atoms with E-state index in [-0.39, 0.29) is 0 Å². The molecule has 1 unspecified atom stereocenters. The van der Waals surface area contributed by atoms with Gasteiger partial charge in [0, 0.05) is 25.4 Å². The minimum Gasteiger partial charge on any atom is -0.494 e. The first kappa shape index (κ1) is 14.6. The fourth-order valence-electron chi connectivity index (χ4n) is 2.14. The zero-order valence-electron chi connectivity index (χ0n) is 12.1. The van der Waals surface area contributed by atoms with Crippen LogP contribution in [0.15, 0.2) is 36.7 Å². The number of imidazole rings is 1. The van der Waals surface area contributed by atoms with Crippen LogP contribution in [0.25, 0.3) is 0 Å². The fourth-order valence-corrected chi connectivity index (χ4v) is 2.14. The first-order chi connectivity index (χ1) is 9.74. The van der Waals surface area contributed by atoms with Gasteiger partial charge in [0.2, 0.25) is 0 Å². The second-order valence-corrected chi connectivity index (χ2v) is 4.77. The lowest BCUT2D eigenvalue weighted by Gasteiger charge is -2.13. The van der Waals surface area contributed by atoms with Gasteiger partial charge in [0.15, 0.2) is 0 Å². The quantitative estimate of drug-likeness (QED) is 0.844. The maximum Gasteiger partial charge on any atom is 0.119 e. The molecule has 0 bridgehead atoms. The third kappa shape index (κ3) is 3.61. The van der Waals surface area contributed by atoms with Gasteiger partial charge in [-0.1, -0.05) is 19.1 Å². The summed E-state index contributed by atoms with van der Waals surface area (Å²) in [6, 6.07) is 7.65. The van der Waals surface area contributed by atoms with Crippen molar-refractivity contribution >= 4 is 0 Å². The van der Waals surface area contributed by atoms with Crippen LogP contribution in [-0.4, -0.2) is 21.3 Å². The lowest BCUT2D eigenvalue weighted by molar-refractivity contribution is 0.174. The smallest absolute Gasteiger partial charge is 0.119 e. The standard InChI is InChI=1S/C16H22N2O2/c1-3-10-20-14-7-5-6-13(11-14)15(19)12-16-17-8-9-18(16)4-2/h5-9,11,15,19H,3-4,10,12H2,1-2H3. The Bertz CT molecular complexity index is 537. The summed E-state index contributed by atoms with van der Waals surface area (Å²) in [5, 5.41) is 10.4. The third-order valence-electron chi connectivity index (χ3n) is 3.23. The van der Waals surface area contributed by atoms with Crippen LogP contribution in [-0.2, 0) is 13.0 Å². The summed E-state index contributed by atoms with van der Waals surface area (Å²) in [6.07, 6.45) is 4.63. The van der Waals surface area contributed by atoms with Crippen molar-refractivity contribution < 1.29 is 9.84 Å². The van der Waals surface area contributed by atoms with Crippen LogP contribution in [0.3, 0.4) is 0 Å². The van der Waals surface area contributed by atoms with E-state index in [0.29, 0.717) is 13.0 Å². The average Bonchev–Trinajstić information content (AvgIpc) is 2.92. The number of hydrogen-bond donors (Lipinski definition) is 1. The number of aromatic nitrogens is 2. The van der Waals surface area contributed by atoms with Gasteiger partial charge < -0.3 is 14.4 Å². The average molecular weight is 274 g/mol. The molecule has 1 aromatic heterocycles. The summed E-state index contributed by atoms with van der Waals surface area (Å²) < 4.78 is 7.64. The van der Waals surface area contributed by atoms with Crippen molar-refractivity contribution in [3.05, 3.63) is 48.0 Å². The highest BCUT2D eigenvalue weighted by molar-refractivity contribution is 5.30. The number of nitrogens with zero attached hydrogens (tertiary/aromatic N) is 2. The van der Waals surface area contributed by atoms with Gasteiger partial charge in [-0.05, 0) is 31.0 Å². The third-order valence-corrected chi connectivity index (χ3v) is 3.23. The van der Waals surface area contributed by atoms with E-state index in [0.717, 1.165) is 30.1 Å². The predicted octanol–water partition coefficient (Wildman–Crippen LogP) is 2.97. The van der Waals surface area contributed by atoms with Crippen molar-refractivity contribution in [1.29, 1.82) is 0 Å². The normalized spacial score (nSPS) is 12.3. The van der Waals surface area contributed by atoms with Gasteiger partial charge in [-0.2, -0.15) is 0 Å². The van der Waals surface area contributed by atoms with Gasteiger partial charge in [-0.3, -0.25) is 0 Å². The molecule has 1 heterocycles. The number of hydrogen-bond acceptors (Lipinski definition) is 3. The zero-order valence-corrected chi connectivity index (χ0v) is 12.1. The number of aliphatic hydroxyl groups excluding tert-OH is 1. The van der Waals surface area contributed by atoms with E-state index < -0.39 is 6.10 Å². The highest BCUT2D eigenvalue weighted by atomic mass is 16.5. The maximum absolute atomic E-state index is 10.4. The second kappa shape index (κ2) is 7.10. The van der Waals surface area contributed by atoms with E-state index in [2.05, 4.69) is 18.8 Å². The van der Waals surface area contributed by atoms with E-state index >= 15 is 0 Å². The lowest BCUT2D eigenvalue weighted by Crippen LogP contribution is -2.08. The molecular formula is C16H22N2O2. The summed E-state index contributed by atoms with van der Waals surface area (Å²) in [6.45, 7) is 5.70. The van der Waals surface area contributed by atoms with E-state index in [1.54, 1.807) is 6.20 Å². The maximum atomic E-state index is 10.4. The number of rotatable bonds is 7. The molecule has 108 valence electrons. The predicted molar refractivity (Wildman–Crippen MR) is 78.8 cm³/mol. The fraction of sp³-hybridized carbons (Fsp3) is 0.438. The Balaban J connectivity index is 2.06. The Morgan fingerprint density at radius 3 is 2.95 bits per heavy atom. The van der Waals surface area contributed by atoms with Crippen LogP contribution in [0.2, 0.25) is 0 Å². The van der Waals surface area contributed by atoms with Gasteiger partial charge in [0.05, 0.1) is 12.7 Å². The molecule has 0 radical (unpaired) electrons. The molecule has 0 aliphatic carbocycles. The topological polar surface area (TPSA) is 47.3 Å². The molecule has 0 spiro atoms. The van der Waals surface area contributed by atoms with Crippen molar-refractivity contribution in [3.63, 3.8) is 0 Å². The lowest BCUT2D eigenvalue weighted by atomic mass is 10.1. The molecule has 1 atom stereocenters. The van der Waals surface area contributed by atoms with Gasteiger partial charge in [-0.25, -0.2) is 4.98 Å². The molecular weight excluding hydrogens is 252 g/mol. The van der Waals surface area contributed by atoms with E-state index in [9.17, 15) is 5.11 Å². The Morgan fingerprint density at radius 2 is 2.20 bits per heavy atom. The minimum atomic E-state index is -0.562. The molecule has 4 nitrogen and oxygen atoms in total. The van der Waals surface area contributed by atoms with E-state index in [4.69, 9.17) is 4.74 Å². The van der Waals surface area contributed by atoms with Crippen LogP contribution in [0.4, 0.5) is 0 Å².